The maximum Gasteiger partial charge on any atom is 0.235 e. The molecule has 27 heavy (non-hydrogen) atoms. The number of hydrogen-bond acceptors (Lipinski definition) is 4. The molecular formula is C21H24N2O4. The third-order valence-electron chi connectivity index (χ3n) is 6.84. The van der Waals surface area contributed by atoms with Gasteiger partial charge in [0, 0.05) is 19.4 Å². The maximum absolute atomic E-state index is 13.2. The molecule has 4 fully saturated rings. The second kappa shape index (κ2) is 5.89. The van der Waals surface area contributed by atoms with E-state index in [2.05, 4.69) is 5.32 Å². The number of benzene rings is 1. The summed E-state index contributed by atoms with van der Waals surface area (Å²) in [5.74, 6) is -0.838. The lowest BCUT2D eigenvalue weighted by Gasteiger charge is -2.61. The monoisotopic (exact) mass is 368 g/mol. The zero-order chi connectivity index (χ0) is 18.8. The van der Waals surface area contributed by atoms with Gasteiger partial charge >= 0.3 is 0 Å². The molecule has 6 nitrogen and oxygen atoms in total. The van der Waals surface area contributed by atoms with Crippen LogP contribution in [0.2, 0.25) is 0 Å². The first-order chi connectivity index (χ1) is 13.0. The Morgan fingerprint density at radius 2 is 1.96 bits per heavy atom. The minimum absolute atomic E-state index is 0.0275. The van der Waals surface area contributed by atoms with Gasteiger partial charge in [0.1, 0.15) is 0 Å². The van der Waals surface area contributed by atoms with E-state index in [9.17, 15) is 14.4 Å². The summed E-state index contributed by atoms with van der Waals surface area (Å²) < 4.78 is 6.05. The van der Waals surface area contributed by atoms with Gasteiger partial charge in [0.05, 0.1) is 30.0 Å². The molecule has 1 aromatic rings. The fourth-order valence-corrected chi connectivity index (χ4v) is 5.68. The van der Waals surface area contributed by atoms with Gasteiger partial charge in [-0.3, -0.25) is 19.3 Å². The minimum atomic E-state index is -0.625. The number of hydrogen-bond donors (Lipinski definition) is 1. The van der Waals surface area contributed by atoms with Crippen molar-refractivity contribution >= 4 is 17.7 Å². The molecule has 2 aliphatic carbocycles. The molecule has 5 atom stereocenters. The average molecular weight is 368 g/mol. The third-order valence-corrected chi connectivity index (χ3v) is 6.84. The van der Waals surface area contributed by atoms with Crippen LogP contribution in [0.5, 0.6) is 0 Å². The van der Waals surface area contributed by atoms with Gasteiger partial charge in [0.2, 0.25) is 17.7 Å². The minimum Gasteiger partial charge on any atom is -0.377 e. The fraction of sp³-hybridized carbons (Fsp3) is 0.571. The predicted molar refractivity (Wildman–Crippen MR) is 96.1 cm³/mol. The zero-order valence-electron chi connectivity index (χ0n) is 15.4. The van der Waals surface area contributed by atoms with Crippen molar-refractivity contribution in [1.82, 2.24) is 10.2 Å². The van der Waals surface area contributed by atoms with Crippen LogP contribution in [-0.4, -0.2) is 40.9 Å². The lowest BCUT2D eigenvalue weighted by molar-refractivity contribution is -0.197. The van der Waals surface area contributed by atoms with Crippen molar-refractivity contribution in [3.05, 3.63) is 35.9 Å². The number of ether oxygens (including phenoxy) is 1. The molecule has 0 aromatic heterocycles. The van der Waals surface area contributed by atoms with Gasteiger partial charge in [0.25, 0.3) is 0 Å². The summed E-state index contributed by atoms with van der Waals surface area (Å²) in [6.45, 7) is 2.31. The number of carbonyl (C=O) groups is 3. The van der Waals surface area contributed by atoms with Crippen molar-refractivity contribution in [2.45, 2.75) is 44.4 Å². The fourth-order valence-electron chi connectivity index (χ4n) is 5.68. The van der Waals surface area contributed by atoms with Crippen LogP contribution < -0.4 is 5.32 Å². The Labute approximate surface area is 158 Å². The summed E-state index contributed by atoms with van der Waals surface area (Å²) in [5, 5.41) is 3.10. The van der Waals surface area contributed by atoms with Gasteiger partial charge in [-0.1, -0.05) is 30.3 Å². The van der Waals surface area contributed by atoms with Crippen molar-refractivity contribution < 1.29 is 19.1 Å². The Bertz CT molecular complexity index is 806. The van der Waals surface area contributed by atoms with E-state index in [1.807, 2.05) is 30.3 Å². The highest BCUT2D eigenvalue weighted by Gasteiger charge is 2.76. The van der Waals surface area contributed by atoms with Crippen LogP contribution >= 0.6 is 0 Å². The number of rotatable bonds is 4. The number of likely N-dealkylation sites (tertiary alicyclic amines) is 1. The lowest BCUT2D eigenvalue weighted by Crippen LogP contribution is -2.76. The molecule has 0 radical (unpaired) electrons. The van der Waals surface area contributed by atoms with Crippen LogP contribution in [0.4, 0.5) is 0 Å². The van der Waals surface area contributed by atoms with E-state index in [0.29, 0.717) is 25.5 Å². The van der Waals surface area contributed by atoms with Crippen molar-refractivity contribution in [2.24, 2.45) is 23.7 Å². The summed E-state index contributed by atoms with van der Waals surface area (Å²) in [5.41, 5.74) is 0.312. The molecule has 3 amide bonds. The summed E-state index contributed by atoms with van der Waals surface area (Å²) >= 11 is 0. The second-order valence-electron chi connectivity index (χ2n) is 8.42. The zero-order valence-corrected chi connectivity index (χ0v) is 15.4. The smallest absolute Gasteiger partial charge is 0.235 e. The molecule has 4 aliphatic rings. The highest BCUT2D eigenvalue weighted by molar-refractivity contribution is 6.08. The van der Waals surface area contributed by atoms with Crippen LogP contribution in [0.1, 0.15) is 31.7 Å². The Morgan fingerprint density at radius 1 is 1.22 bits per heavy atom. The molecule has 0 bridgehead atoms. The Morgan fingerprint density at radius 3 is 2.63 bits per heavy atom. The first-order valence-corrected chi connectivity index (χ1v) is 9.82. The van der Waals surface area contributed by atoms with Gasteiger partial charge in [-0.2, -0.15) is 0 Å². The SMILES string of the molecule is CC(=O)N[C@]12CCO[C@H](C3CC3)[C@H]1[C@@H]1C(=O)N(Cc3ccccc3)C(=O)[C@@H]12. The molecule has 1 aromatic carbocycles. The van der Waals surface area contributed by atoms with E-state index < -0.39 is 11.5 Å². The normalized spacial score (nSPS) is 37.4. The quantitative estimate of drug-likeness (QED) is 0.817. The van der Waals surface area contributed by atoms with E-state index >= 15 is 0 Å². The van der Waals surface area contributed by atoms with E-state index in [1.54, 1.807) is 0 Å². The summed E-state index contributed by atoms with van der Waals surface area (Å²) in [6.07, 6.45) is 2.77. The second-order valence-corrected chi connectivity index (χ2v) is 8.42. The molecule has 6 heteroatoms. The largest absolute Gasteiger partial charge is 0.377 e. The van der Waals surface area contributed by atoms with Crippen LogP contribution in [0.25, 0.3) is 0 Å². The van der Waals surface area contributed by atoms with Crippen molar-refractivity contribution in [2.75, 3.05) is 6.61 Å². The van der Waals surface area contributed by atoms with Crippen LogP contribution in [-0.2, 0) is 25.7 Å². The van der Waals surface area contributed by atoms with Gasteiger partial charge < -0.3 is 10.1 Å². The highest BCUT2D eigenvalue weighted by Crippen LogP contribution is 2.62. The molecule has 2 heterocycles. The molecular weight excluding hydrogens is 344 g/mol. The van der Waals surface area contributed by atoms with Gasteiger partial charge in [-0.05, 0) is 30.7 Å². The van der Waals surface area contributed by atoms with E-state index in [0.717, 1.165) is 18.4 Å². The molecule has 0 unspecified atom stereocenters. The first-order valence-electron chi connectivity index (χ1n) is 9.82. The number of carbonyl (C=O) groups excluding carboxylic acids is 3. The Hall–Kier alpha value is -2.21. The summed E-state index contributed by atoms with van der Waals surface area (Å²) in [4.78, 5) is 39.8. The topological polar surface area (TPSA) is 75.7 Å². The number of amides is 3. The van der Waals surface area contributed by atoms with E-state index in [1.165, 1.54) is 11.8 Å². The van der Waals surface area contributed by atoms with Gasteiger partial charge in [0.15, 0.2) is 0 Å². The standard InChI is InChI=1S/C21H24N2O4/c1-12(24)22-21-9-10-27-18(14-7-8-14)16(21)15-17(21)20(26)23(19(15)25)11-13-5-3-2-4-6-13/h2-6,14-18H,7-11H2,1H3,(H,22,24)/t15-,16+,17+,18+,21+/m0/s1. The maximum atomic E-state index is 13.2. The summed E-state index contributed by atoms with van der Waals surface area (Å²) in [6, 6.07) is 9.58. The Kier molecular flexibility index (Phi) is 3.69. The highest BCUT2D eigenvalue weighted by atomic mass is 16.5. The average Bonchev–Trinajstić information content (AvgIpc) is 3.44. The van der Waals surface area contributed by atoms with Crippen molar-refractivity contribution in [3.63, 3.8) is 0 Å². The number of nitrogens with zero attached hydrogens (tertiary/aromatic N) is 1. The Balaban J connectivity index is 1.49. The molecule has 142 valence electrons. The van der Waals surface area contributed by atoms with Crippen molar-refractivity contribution in [1.29, 1.82) is 0 Å². The van der Waals surface area contributed by atoms with Crippen LogP contribution in [0, 0.1) is 23.7 Å². The van der Waals surface area contributed by atoms with Gasteiger partial charge in [-0.25, -0.2) is 0 Å². The van der Waals surface area contributed by atoms with Crippen LogP contribution in [0.3, 0.4) is 0 Å². The van der Waals surface area contributed by atoms with Crippen molar-refractivity contribution in [3.8, 4) is 0 Å². The first kappa shape index (κ1) is 16.9. The molecule has 0 spiro atoms. The van der Waals surface area contributed by atoms with E-state index in [4.69, 9.17) is 4.74 Å². The lowest BCUT2D eigenvalue weighted by atomic mass is 9.48. The third kappa shape index (κ3) is 2.39. The molecule has 2 aliphatic heterocycles. The van der Waals surface area contributed by atoms with Crippen LogP contribution in [0.15, 0.2) is 30.3 Å². The number of fused-ring (bicyclic) bond motifs is 4. The van der Waals surface area contributed by atoms with Gasteiger partial charge in [-0.15, -0.1) is 0 Å². The molecule has 2 saturated heterocycles. The molecule has 1 N–H and O–H groups in total. The molecule has 2 saturated carbocycles. The molecule has 5 rings (SSSR count). The number of nitrogens with one attached hydrogen (secondary N) is 1. The van der Waals surface area contributed by atoms with E-state index in [-0.39, 0.29) is 35.7 Å². The number of imide groups is 1. The summed E-state index contributed by atoms with van der Waals surface area (Å²) in [7, 11) is 0. The predicted octanol–water partition coefficient (Wildman–Crippen LogP) is 1.49.